The molecule has 7 nitrogen and oxygen atoms in total. The molecule has 0 spiro atoms. The highest BCUT2D eigenvalue weighted by Gasteiger charge is 2.29. The third-order valence-electron chi connectivity index (χ3n) is 4.59. The number of likely N-dealkylation sites (tertiary alicyclic amines) is 1. The number of aromatic nitrogens is 1. The second kappa shape index (κ2) is 7.59. The molecule has 1 fully saturated rings. The second-order valence-electron chi connectivity index (χ2n) is 6.51. The first-order valence-electron chi connectivity index (χ1n) is 8.58. The van der Waals surface area contributed by atoms with Crippen molar-refractivity contribution in [3.63, 3.8) is 0 Å². The Bertz CT molecular complexity index is 914. The lowest BCUT2D eigenvalue weighted by Gasteiger charge is -2.35. The van der Waals surface area contributed by atoms with Crippen molar-refractivity contribution in [2.45, 2.75) is 25.3 Å². The molecule has 0 radical (unpaired) electrons. The maximum Gasteiger partial charge on any atom is 0.272 e. The number of piperidine rings is 1. The molecular weight excluding hydrogens is 354 g/mol. The van der Waals surface area contributed by atoms with Crippen molar-refractivity contribution < 1.29 is 17.9 Å². The molecule has 8 heteroatoms. The summed E-state index contributed by atoms with van der Waals surface area (Å²) in [6.45, 7) is 0.807. The van der Waals surface area contributed by atoms with Crippen LogP contribution in [0.3, 0.4) is 0 Å². The van der Waals surface area contributed by atoms with Gasteiger partial charge in [0.05, 0.1) is 13.4 Å². The van der Waals surface area contributed by atoms with Crippen LogP contribution in [-0.4, -0.2) is 56.7 Å². The Hall–Kier alpha value is -2.19. The van der Waals surface area contributed by atoms with Gasteiger partial charge in [0.2, 0.25) is 15.9 Å². The van der Waals surface area contributed by atoms with Gasteiger partial charge in [-0.1, -0.05) is 18.2 Å². The fourth-order valence-electron chi connectivity index (χ4n) is 3.31. The van der Waals surface area contributed by atoms with Gasteiger partial charge in [-0.05, 0) is 36.8 Å². The van der Waals surface area contributed by atoms with E-state index in [4.69, 9.17) is 4.74 Å². The van der Waals surface area contributed by atoms with Crippen LogP contribution in [0.2, 0.25) is 0 Å². The summed E-state index contributed by atoms with van der Waals surface area (Å²) in [6.07, 6.45) is 3.75. The van der Waals surface area contributed by atoms with E-state index >= 15 is 0 Å². The lowest BCUT2D eigenvalue weighted by molar-refractivity contribution is 0.0612. The SMILES string of the molecule is COc1nc(C(=O)N2CCCCC2CNS(C)(=O)=O)cc2ccccc12. The molecule has 1 aliphatic heterocycles. The van der Waals surface area contributed by atoms with Crippen molar-refractivity contribution in [1.29, 1.82) is 0 Å². The number of sulfonamides is 1. The molecular formula is C18H23N3O4S. The summed E-state index contributed by atoms with van der Waals surface area (Å²) in [5.41, 5.74) is 0.312. The van der Waals surface area contributed by atoms with Gasteiger partial charge in [0.15, 0.2) is 0 Å². The van der Waals surface area contributed by atoms with E-state index in [0.29, 0.717) is 18.1 Å². The summed E-state index contributed by atoms with van der Waals surface area (Å²) >= 11 is 0. The number of benzene rings is 1. The number of pyridine rings is 1. The van der Waals surface area contributed by atoms with Crippen molar-refractivity contribution in [3.8, 4) is 5.88 Å². The van der Waals surface area contributed by atoms with E-state index in [1.807, 2.05) is 24.3 Å². The molecule has 0 saturated carbocycles. The van der Waals surface area contributed by atoms with Crippen LogP contribution in [0.4, 0.5) is 0 Å². The quantitative estimate of drug-likeness (QED) is 0.858. The molecule has 1 unspecified atom stereocenters. The van der Waals surface area contributed by atoms with Crippen LogP contribution in [0, 0.1) is 0 Å². The van der Waals surface area contributed by atoms with Crippen LogP contribution in [0.1, 0.15) is 29.8 Å². The summed E-state index contributed by atoms with van der Waals surface area (Å²) in [5, 5.41) is 1.73. The molecule has 1 aromatic carbocycles. The van der Waals surface area contributed by atoms with Gasteiger partial charge < -0.3 is 9.64 Å². The maximum atomic E-state index is 13.1. The number of ether oxygens (including phenoxy) is 1. The standard InChI is InChI=1S/C18H23N3O4S/c1-25-17-15-9-4-3-7-13(15)11-16(20-17)18(22)21-10-6-5-8-14(21)12-19-26(2,23)24/h3-4,7,9,11,14,19H,5-6,8,10,12H2,1-2H3. The van der Waals surface area contributed by atoms with Crippen molar-refractivity contribution in [1.82, 2.24) is 14.6 Å². The third kappa shape index (κ3) is 4.13. The first-order chi connectivity index (χ1) is 12.4. The van der Waals surface area contributed by atoms with Crippen molar-refractivity contribution in [3.05, 3.63) is 36.0 Å². The molecule has 1 saturated heterocycles. The number of hydrogen-bond acceptors (Lipinski definition) is 5. The van der Waals surface area contributed by atoms with E-state index in [1.54, 1.807) is 11.0 Å². The molecule has 0 bridgehead atoms. The predicted molar refractivity (Wildman–Crippen MR) is 99.8 cm³/mol. The fraction of sp³-hybridized carbons (Fsp3) is 0.444. The molecule has 26 heavy (non-hydrogen) atoms. The topological polar surface area (TPSA) is 88.6 Å². The van der Waals surface area contributed by atoms with E-state index in [9.17, 15) is 13.2 Å². The van der Waals surface area contributed by atoms with Crippen molar-refractivity contribution in [2.75, 3.05) is 26.5 Å². The first kappa shape index (κ1) is 18.6. The maximum absolute atomic E-state index is 13.1. The molecule has 2 heterocycles. The number of rotatable bonds is 5. The van der Waals surface area contributed by atoms with E-state index < -0.39 is 10.0 Å². The molecule has 1 atom stereocenters. The van der Waals surface area contributed by atoms with Gasteiger partial charge in [0.25, 0.3) is 5.91 Å². The molecule has 3 rings (SSSR count). The minimum absolute atomic E-state index is 0.176. The highest BCUT2D eigenvalue weighted by molar-refractivity contribution is 7.88. The summed E-state index contributed by atoms with van der Waals surface area (Å²) < 4.78 is 30.7. The Balaban J connectivity index is 1.90. The van der Waals surface area contributed by atoms with E-state index in [-0.39, 0.29) is 18.5 Å². The van der Waals surface area contributed by atoms with Crippen LogP contribution < -0.4 is 9.46 Å². The number of carbonyl (C=O) groups excluding carboxylic acids is 1. The zero-order valence-electron chi connectivity index (χ0n) is 14.9. The average molecular weight is 377 g/mol. The number of carbonyl (C=O) groups is 1. The van der Waals surface area contributed by atoms with Gasteiger partial charge in [-0.25, -0.2) is 18.1 Å². The number of hydrogen-bond donors (Lipinski definition) is 1. The molecule has 0 aliphatic carbocycles. The predicted octanol–water partition coefficient (Wildman–Crippen LogP) is 1.79. The summed E-state index contributed by atoms with van der Waals surface area (Å²) in [7, 11) is -1.77. The van der Waals surface area contributed by atoms with Crippen LogP contribution in [-0.2, 0) is 10.0 Å². The van der Waals surface area contributed by atoms with Crippen LogP contribution in [0.25, 0.3) is 10.8 Å². The van der Waals surface area contributed by atoms with Crippen LogP contribution in [0.15, 0.2) is 30.3 Å². The molecule has 2 aromatic rings. The van der Waals surface area contributed by atoms with E-state index in [2.05, 4.69) is 9.71 Å². The molecule has 140 valence electrons. The minimum atomic E-state index is -3.30. The Labute approximate surface area is 153 Å². The van der Waals surface area contributed by atoms with E-state index in [1.165, 1.54) is 7.11 Å². The Morgan fingerprint density at radius 3 is 2.85 bits per heavy atom. The van der Waals surface area contributed by atoms with E-state index in [0.717, 1.165) is 36.3 Å². The summed E-state index contributed by atoms with van der Waals surface area (Å²) in [4.78, 5) is 19.2. The Kier molecular flexibility index (Phi) is 5.43. The van der Waals surface area contributed by atoms with Gasteiger partial charge in [-0.15, -0.1) is 0 Å². The summed E-state index contributed by atoms with van der Waals surface area (Å²) in [5.74, 6) is 0.211. The van der Waals surface area contributed by atoms with Gasteiger partial charge in [-0.2, -0.15) is 0 Å². The largest absolute Gasteiger partial charge is 0.481 e. The monoisotopic (exact) mass is 377 g/mol. The highest BCUT2D eigenvalue weighted by atomic mass is 32.2. The van der Waals surface area contributed by atoms with Gasteiger partial charge in [0, 0.05) is 24.5 Å². The lowest BCUT2D eigenvalue weighted by atomic mass is 10.0. The number of amides is 1. The normalized spacial score (nSPS) is 18.1. The zero-order valence-corrected chi connectivity index (χ0v) is 15.8. The second-order valence-corrected chi connectivity index (χ2v) is 8.34. The molecule has 1 aliphatic rings. The molecule has 1 amide bonds. The summed E-state index contributed by atoms with van der Waals surface area (Å²) in [6, 6.07) is 9.19. The van der Waals surface area contributed by atoms with Crippen LogP contribution in [0.5, 0.6) is 5.88 Å². The number of nitrogens with zero attached hydrogens (tertiary/aromatic N) is 2. The fourth-order valence-corrected chi connectivity index (χ4v) is 3.80. The number of methoxy groups -OCH3 is 1. The van der Waals surface area contributed by atoms with Gasteiger partial charge >= 0.3 is 0 Å². The number of nitrogens with one attached hydrogen (secondary N) is 1. The smallest absolute Gasteiger partial charge is 0.272 e. The molecule has 1 aromatic heterocycles. The number of fused-ring (bicyclic) bond motifs is 1. The first-order valence-corrected chi connectivity index (χ1v) is 10.5. The minimum Gasteiger partial charge on any atom is -0.481 e. The van der Waals surface area contributed by atoms with Crippen LogP contribution >= 0.6 is 0 Å². The van der Waals surface area contributed by atoms with Gasteiger partial charge in [0.1, 0.15) is 5.69 Å². The average Bonchev–Trinajstić information content (AvgIpc) is 2.64. The van der Waals surface area contributed by atoms with Crippen molar-refractivity contribution in [2.24, 2.45) is 0 Å². The Morgan fingerprint density at radius 2 is 2.12 bits per heavy atom. The molecule has 1 N–H and O–H groups in total. The van der Waals surface area contributed by atoms with Crippen molar-refractivity contribution >= 4 is 26.7 Å². The zero-order chi connectivity index (χ0) is 18.7. The van der Waals surface area contributed by atoms with Gasteiger partial charge in [-0.3, -0.25) is 4.79 Å². The highest BCUT2D eigenvalue weighted by Crippen LogP contribution is 2.26. The third-order valence-corrected chi connectivity index (χ3v) is 5.28. The Morgan fingerprint density at radius 1 is 1.35 bits per heavy atom. The lowest BCUT2D eigenvalue weighted by Crippen LogP contribution is -2.49.